The number of nitrogens with one attached hydrogen (secondary N) is 1. The summed E-state index contributed by atoms with van der Waals surface area (Å²) in [6.45, 7) is 0. The highest BCUT2D eigenvalue weighted by Crippen LogP contribution is 2.31. The first kappa shape index (κ1) is 18.6. The van der Waals surface area contributed by atoms with E-state index in [9.17, 15) is 19.0 Å². The largest absolute Gasteiger partial charge is 0.547 e. The minimum atomic E-state index is -1.61. The number of nitrogens with two attached hydrogens (primary N) is 1. The Morgan fingerprint density at radius 2 is 2.22 bits per heavy atom. The number of carboxylic acids is 1. The first-order valence-corrected chi connectivity index (χ1v) is 8.33. The summed E-state index contributed by atoms with van der Waals surface area (Å²) in [5.41, 5.74) is 4.79. The van der Waals surface area contributed by atoms with Gasteiger partial charge in [0.05, 0.1) is 5.94 Å². The van der Waals surface area contributed by atoms with Gasteiger partial charge >= 0.3 is 13.1 Å². The van der Waals surface area contributed by atoms with Gasteiger partial charge in [0, 0.05) is 5.38 Å². The van der Waals surface area contributed by atoms with Gasteiger partial charge in [-0.2, -0.15) is 0 Å². The molecule has 140 valence electrons. The number of aromatic carboxylic acids is 1. The molecule has 10 nitrogen and oxygen atoms in total. The van der Waals surface area contributed by atoms with Crippen LogP contribution in [0.15, 0.2) is 22.7 Å². The molecule has 1 aliphatic rings. The normalized spacial score (nSPS) is 16.4. The molecule has 1 aromatic heterocycles. The molecule has 2 aromatic rings. The number of carbonyl (C=O) groups is 2. The summed E-state index contributed by atoms with van der Waals surface area (Å²) >= 11 is 1.03. The Labute approximate surface area is 155 Å². The van der Waals surface area contributed by atoms with Crippen LogP contribution in [0.2, 0.25) is 0 Å². The molecular weight excluding hydrogens is 382 g/mol. The average molecular weight is 394 g/mol. The lowest BCUT2D eigenvalue weighted by Gasteiger charge is -2.28. The fourth-order valence-corrected chi connectivity index (χ4v) is 3.16. The zero-order valence-corrected chi connectivity index (χ0v) is 14.2. The van der Waals surface area contributed by atoms with E-state index in [1.165, 1.54) is 5.38 Å². The van der Waals surface area contributed by atoms with Crippen LogP contribution >= 0.6 is 11.3 Å². The van der Waals surface area contributed by atoms with E-state index in [0.717, 1.165) is 23.5 Å². The second-order valence-electron chi connectivity index (χ2n) is 5.56. The van der Waals surface area contributed by atoms with Crippen LogP contribution in [-0.2, 0) is 11.2 Å². The second kappa shape index (κ2) is 7.21. The fraction of sp³-hybridized carbons (Fsp3) is 0.143. The number of oxime groups is 1. The van der Waals surface area contributed by atoms with Crippen molar-refractivity contribution in [3.05, 3.63) is 40.2 Å². The molecule has 1 amide bonds. The van der Waals surface area contributed by atoms with Gasteiger partial charge in [-0.05, 0) is 24.1 Å². The first-order chi connectivity index (χ1) is 12.8. The summed E-state index contributed by atoms with van der Waals surface area (Å²) in [4.78, 5) is 27.4. The van der Waals surface area contributed by atoms with E-state index in [1.807, 2.05) is 0 Å². The number of carboxylic acid groups (broad SMARTS) is 1. The number of fused-ring (bicyclic) bond motifs is 1. The Bertz CT molecular complexity index is 952. The van der Waals surface area contributed by atoms with Gasteiger partial charge in [0.1, 0.15) is 22.8 Å². The van der Waals surface area contributed by atoms with E-state index < -0.39 is 42.0 Å². The highest BCUT2D eigenvalue weighted by atomic mass is 32.1. The van der Waals surface area contributed by atoms with Crippen LogP contribution in [0.3, 0.4) is 0 Å². The number of rotatable bonds is 4. The number of thiazole rings is 1. The third-order valence-corrected chi connectivity index (χ3v) is 4.45. The number of amides is 1. The summed E-state index contributed by atoms with van der Waals surface area (Å²) < 4.78 is 18.8. The van der Waals surface area contributed by atoms with Crippen molar-refractivity contribution >= 4 is 41.2 Å². The van der Waals surface area contributed by atoms with Crippen molar-refractivity contribution < 1.29 is 34.0 Å². The van der Waals surface area contributed by atoms with Crippen molar-refractivity contribution in [2.75, 3.05) is 5.73 Å². The molecule has 0 radical (unpaired) electrons. The van der Waals surface area contributed by atoms with Crippen LogP contribution in [0.1, 0.15) is 21.6 Å². The molecule has 0 spiro atoms. The van der Waals surface area contributed by atoms with Crippen LogP contribution in [-0.4, -0.2) is 51.0 Å². The lowest BCUT2D eigenvalue weighted by molar-refractivity contribution is -0.115. The van der Waals surface area contributed by atoms with Crippen LogP contribution < -0.4 is 15.7 Å². The molecule has 2 heterocycles. The molecule has 27 heavy (non-hydrogen) atoms. The molecule has 6 N–H and O–H groups in total. The molecule has 0 saturated carbocycles. The molecule has 1 aliphatic heterocycles. The molecule has 0 saturated heterocycles. The summed E-state index contributed by atoms with van der Waals surface area (Å²) in [6.07, 6.45) is -0.113. The Balaban J connectivity index is 1.83. The number of hydrogen-bond acceptors (Lipinski definition) is 9. The third-order valence-electron chi connectivity index (χ3n) is 3.78. The first-order valence-electron chi connectivity index (χ1n) is 7.45. The number of halogens is 1. The van der Waals surface area contributed by atoms with Crippen LogP contribution in [0.4, 0.5) is 9.52 Å². The number of anilines is 1. The number of carbonyl (C=O) groups excluding carboxylic acids is 1. The van der Waals surface area contributed by atoms with Gasteiger partial charge in [0.15, 0.2) is 10.8 Å². The van der Waals surface area contributed by atoms with Crippen molar-refractivity contribution in [2.24, 2.45) is 5.16 Å². The maximum absolute atomic E-state index is 13.7. The van der Waals surface area contributed by atoms with Crippen molar-refractivity contribution in [1.29, 1.82) is 0 Å². The van der Waals surface area contributed by atoms with Gasteiger partial charge in [0.25, 0.3) is 5.91 Å². The zero-order valence-electron chi connectivity index (χ0n) is 13.4. The number of nitrogen functional groups attached to an aromatic ring is 1. The van der Waals surface area contributed by atoms with Gasteiger partial charge in [-0.25, -0.2) is 14.2 Å². The summed E-state index contributed by atoms with van der Waals surface area (Å²) in [7, 11) is -1.61. The third kappa shape index (κ3) is 3.68. The second-order valence-corrected chi connectivity index (χ2v) is 6.45. The number of hydrogen-bond donors (Lipinski definition) is 5. The minimum absolute atomic E-state index is 0.0309. The highest BCUT2D eigenvalue weighted by molar-refractivity contribution is 7.13. The fourth-order valence-electron chi connectivity index (χ4n) is 2.61. The minimum Gasteiger partial charge on any atom is -0.534 e. The molecular formula is C14H12BFN4O6S. The molecule has 1 atom stereocenters. The maximum atomic E-state index is 13.7. The number of benzene rings is 1. The van der Waals surface area contributed by atoms with E-state index in [1.54, 1.807) is 0 Å². The van der Waals surface area contributed by atoms with E-state index in [4.69, 9.17) is 20.7 Å². The standard InChI is InChI=1S/C14H12BFN4O6S/c16-6-1-5-2-9(15(24)26-11(5)7(3-6)13(22)23)19-12(21)10(20-25)8-4-27-14(17)18-8/h1,3-4,9,24-25H,2H2,(H2,17,18)(H,19,21)(H,22,23)/b20-10-/t9-/m0/s1. The van der Waals surface area contributed by atoms with Gasteiger partial charge in [-0.1, -0.05) is 5.16 Å². The van der Waals surface area contributed by atoms with Crippen molar-refractivity contribution in [3.63, 3.8) is 0 Å². The maximum Gasteiger partial charge on any atom is 0.547 e. The Morgan fingerprint density at radius 1 is 1.48 bits per heavy atom. The van der Waals surface area contributed by atoms with Crippen LogP contribution in [0, 0.1) is 5.82 Å². The molecule has 3 rings (SSSR count). The van der Waals surface area contributed by atoms with E-state index in [0.29, 0.717) is 0 Å². The Morgan fingerprint density at radius 3 is 2.81 bits per heavy atom. The smallest absolute Gasteiger partial charge is 0.534 e. The molecule has 0 bridgehead atoms. The van der Waals surface area contributed by atoms with Crippen molar-refractivity contribution in [3.8, 4) is 5.75 Å². The van der Waals surface area contributed by atoms with E-state index >= 15 is 0 Å². The molecule has 13 heteroatoms. The predicted molar refractivity (Wildman–Crippen MR) is 92.4 cm³/mol. The summed E-state index contributed by atoms with van der Waals surface area (Å²) in [5.74, 6) is -4.33. The van der Waals surface area contributed by atoms with Crippen LogP contribution in [0.5, 0.6) is 5.75 Å². The number of aromatic nitrogens is 1. The monoisotopic (exact) mass is 394 g/mol. The average Bonchev–Trinajstić information content (AvgIpc) is 3.02. The van der Waals surface area contributed by atoms with Crippen LogP contribution in [0.25, 0.3) is 0 Å². The van der Waals surface area contributed by atoms with Gasteiger partial charge in [-0.15, -0.1) is 11.3 Å². The summed E-state index contributed by atoms with van der Waals surface area (Å²) in [6, 6.07) is 1.82. The molecule has 0 aliphatic carbocycles. The Kier molecular flexibility index (Phi) is 4.96. The lowest BCUT2D eigenvalue weighted by atomic mass is 9.72. The lowest BCUT2D eigenvalue weighted by Crippen LogP contribution is -2.54. The quantitative estimate of drug-likeness (QED) is 0.207. The highest BCUT2D eigenvalue weighted by Gasteiger charge is 2.39. The SMILES string of the molecule is Nc1nc(/C(=N/O)C(=O)N[C@H]2Cc3cc(F)cc(C(=O)O)c3OB2O)cs1. The predicted octanol–water partition coefficient (Wildman–Crippen LogP) is -0.119. The Hall–Kier alpha value is -3.19. The summed E-state index contributed by atoms with van der Waals surface area (Å²) in [5, 5.41) is 35.2. The van der Waals surface area contributed by atoms with Crippen molar-refractivity contribution in [2.45, 2.75) is 12.4 Å². The van der Waals surface area contributed by atoms with E-state index in [-0.39, 0.29) is 28.6 Å². The molecule has 1 aromatic carbocycles. The molecule has 0 unspecified atom stereocenters. The van der Waals surface area contributed by atoms with E-state index in [2.05, 4.69) is 15.5 Å². The van der Waals surface area contributed by atoms with Gasteiger partial charge in [0.2, 0.25) is 0 Å². The topological polar surface area (TPSA) is 167 Å². The van der Waals surface area contributed by atoms with Crippen molar-refractivity contribution in [1.82, 2.24) is 10.3 Å². The zero-order chi connectivity index (χ0) is 19.7. The molecule has 0 fully saturated rings. The van der Waals surface area contributed by atoms with Gasteiger partial charge < -0.3 is 31.0 Å². The van der Waals surface area contributed by atoms with Gasteiger partial charge in [-0.3, -0.25) is 4.79 Å². The number of nitrogens with zero attached hydrogens (tertiary/aromatic N) is 2.